The minimum atomic E-state index is -1.07. The van der Waals surface area contributed by atoms with Gasteiger partial charge in [-0.25, -0.2) is 4.79 Å². The maximum atomic E-state index is 13.2. The van der Waals surface area contributed by atoms with Crippen LogP contribution in [0.1, 0.15) is 48.7 Å². The van der Waals surface area contributed by atoms with Crippen molar-refractivity contribution < 1.29 is 14.4 Å². The van der Waals surface area contributed by atoms with E-state index in [9.17, 15) is 14.4 Å². The summed E-state index contributed by atoms with van der Waals surface area (Å²) in [6.07, 6.45) is 2.20. The van der Waals surface area contributed by atoms with E-state index in [2.05, 4.69) is 20.8 Å². The number of carbonyl (C=O) groups is 3. The molecule has 1 spiro atoms. The van der Waals surface area contributed by atoms with Gasteiger partial charge in [0.1, 0.15) is 17.1 Å². The third kappa shape index (κ3) is 3.05. The molecule has 0 bridgehead atoms. The molecule has 9 heteroatoms. The van der Waals surface area contributed by atoms with E-state index in [1.165, 1.54) is 11.3 Å². The first-order chi connectivity index (χ1) is 13.4. The van der Waals surface area contributed by atoms with Gasteiger partial charge in [-0.15, -0.1) is 10.2 Å². The molecule has 146 valence electrons. The van der Waals surface area contributed by atoms with Crippen LogP contribution in [0.5, 0.6) is 0 Å². The number of aryl methyl sites for hydroxylation is 1. The average Bonchev–Trinajstić information content (AvgIpc) is 3.22. The smallest absolute Gasteiger partial charge is 0.319 e. The topological polar surface area (TPSA) is 104 Å². The summed E-state index contributed by atoms with van der Waals surface area (Å²) < 4.78 is 0. The second kappa shape index (κ2) is 6.97. The molecule has 4 rings (SSSR count). The van der Waals surface area contributed by atoms with Gasteiger partial charge in [-0.1, -0.05) is 49.4 Å². The van der Waals surface area contributed by atoms with Gasteiger partial charge in [-0.3, -0.25) is 19.8 Å². The van der Waals surface area contributed by atoms with Crippen molar-refractivity contribution in [2.24, 2.45) is 0 Å². The monoisotopic (exact) mass is 399 g/mol. The van der Waals surface area contributed by atoms with E-state index in [0.717, 1.165) is 33.9 Å². The first-order valence-electron chi connectivity index (χ1n) is 9.26. The highest BCUT2D eigenvalue weighted by atomic mass is 32.1. The Morgan fingerprint density at radius 2 is 2.11 bits per heavy atom. The minimum absolute atomic E-state index is 0.209. The van der Waals surface area contributed by atoms with Crippen molar-refractivity contribution in [3.05, 3.63) is 40.4 Å². The lowest BCUT2D eigenvalue weighted by Crippen LogP contribution is -2.47. The summed E-state index contributed by atoms with van der Waals surface area (Å²) in [6.45, 7) is 3.62. The van der Waals surface area contributed by atoms with Gasteiger partial charge < -0.3 is 5.32 Å². The van der Waals surface area contributed by atoms with E-state index in [-0.39, 0.29) is 18.4 Å². The van der Waals surface area contributed by atoms with Crippen molar-refractivity contribution in [3.63, 3.8) is 0 Å². The molecule has 2 heterocycles. The molecule has 1 unspecified atom stereocenters. The zero-order chi connectivity index (χ0) is 19.9. The Morgan fingerprint density at radius 3 is 2.86 bits per heavy atom. The van der Waals surface area contributed by atoms with Crippen molar-refractivity contribution >= 4 is 34.3 Å². The van der Waals surface area contributed by atoms with Crippen LogP contribution < -0.4 is 10.6 Å². The molecule has 0 radical (unpaired) electrons. The third-order valence-electron chi connectivity index (χ3n) is 5.13. The number of hydrogen-bond acceptors (Lipinski definition) is 6. The van der Waals surface area contributed by atoms with Gasteiger partial charge in [0.25, 0.3) is 5.91 Å². The number of hydrogen-bond donors (Lipinski definition) is 2. The first-order valence-corrected chi connectivity index (χ1v) is 10.1. The molecule has 1 fully saturated rings. The molecule has 2 N–H and O–H groups in total. The quantitative estimate of drug-likeness (QED) is 0.768. The molecule has 1 aromatic carbocycles. The lowest BCUT2D eigenvalue weighted by atomic mass is 9.76. The van der Waals surface area contributed by atoms with Gasteiger partial charge in [0.05, 0.1) is 0 Å². The van der Waals surface area contributed by atoms with Crippen molar-refractivity contribution in [3.8, 4) is 0 Å². The fourth-order valence-electron chi connectivity index (χ4n) is 3.78. The normalized spacial score (nSPS) is 21.2. The Hall–Kier alpha value is -2.81. The Labute approximate surface area is 166 Å². The fourth-order valence-corrected chi connectivity index (χ4v) is 4.54. The second-order valence-corrected chi connectivity index (χ2v) is 8.39. The molecule has 28 heavy (non-hydrogen) atoms. The van der Waals surface area contributed by atoms with Crippen LogP contribution in [-0.2, 0) is 21.5 Å². The summed E-state index contributed by atoms with van der Waals surface area (Å²) in [4.78, 5) is 39.1. The summed E-state index contributed by atoms with van der Waals surface area (Å²) in [7, 11) is 0. The molecule has 1 saturated heterocycles. The van der Waals surface area contributed by atoms with Gasteiger partial charge in [0.2, 0.25) is 11.0 Å². The number of carbonyl (C=O) groups excluding carboxylic acids is 3. The van der Waals surface area contributed by atoms with Crippen LogP contribution in [0.25, 0.3) is 0 Å². The number of urea groups is 1. The molecular formula is C19H21N5O3S. The van der Waals surface area contributed by atoms with Gasteiger partial charge in [-0.05, 0) is 30.4 Å². The Kier molecular flexibility index (Phi) is 4.62. The Bertz CT molecular complexity index is 957. The zero-order valence-corrected chi connectivity index (χ0v) is 16.5. The van der Waals surface area contributed by atoms with E-state index < -0.39 is 17.5 Å². The maximum absolute atomic E-state index is 13.2. The summed E-state index contributed by atoms with van der Waals surface area (Å²) in [5, 5.41) is 14.6. The average molecular weight is 399 g/mol. The van der Waals surface area contributed by atoms with Crippen molar-refractivity contribution in [2.45, 2.75) is 44.6 Å². The van der Waals surface area contributed by atoms with Crippen molar-refractivity contribution in [1.82, 2.24) is 20.4 Å². The van der Waals surface area contributed by atoms with Crippen molar-refractivity contribution in [1.29, 1.82) is 0 Å². The predicted octanol–water partition coefficient (Wildman–Crippen LogP) is 2.38. The van der Waals surface area contributed by atoms with Crippen LogP contribution in [0.15, 0.2) is 24.3 Å². The SMILES string of the molecule is CC(C)c1nnc(NC(=O)CN2C(=O)NC3(CCCc4ccccc43)C2=O)s1. The summed E-state index contributed by atoms with van der Waals surface area (Å²) in [5.41, 5.74) is 0.816. The Morgan fingerprint density at radius 1 is 1.32 bits per heavy atom. The molecule has 0 saturated carbocycles. The van der Waals surface area contributed by atoms with Gasteiger partial charge >= 0.3 is 6.03 Å². The van der Waals surface area contributed by atoms with Gasteiger partial charge in [-0.2, -0.15) is 0 Å². The largest absolute Gasteiger partial charge is 0.325 e. The van der Waals surface area contributed by atoms with E-state index in [1.807, 2.05) is 38.1 Å². The van der Waals surface area contributed by atoms with Crippen LogP contribution in [0.4, 0.5) is 9.93 Å². The van der Waals surface area contributed by atoms with Crippen LogP contribution in [-0.4, -0.2) is 39.5 Å². The number of fused-ring (bicyclic) bond motifs is 2. The van der Waals surface area contributed by atoms with E-state index in [1.54, 1.807) is 0 Å². The number of nitrogens with one attached hydrogen (secondary N) is 2. The molecule has 2 aliphatic rings. The van der Waals surface area contributed by atoms with Crippen LogP contribution in [0.3, 0.4) is 0 Å². The van der Waals surface area contributed by atoms with Crippen molar-refractivity contribution in [2.75, 3.05) is 11.9 Å². The molecule has 4 amide bonds. The molecule has 1 atom stereocenters. The molecule has 1 aromatic heterocycles. The lowest BCUT2D eigenvalue weighted by molar-refractivity contribution is -0.134. The molecule has 8 nitrogen and oxygen atoms in total. The first kappa shape index (κ1) is 18.5. The van der Waals surface area contributed by atoms with Crippen LogP contribution in [0.2, 0.25) is 0 Å². The molecule has 2 aromatic rings. The highest BCUT2D eigenvalue weighted by Crippen LogP contribution is 2.39. The molecule has 1 aliphatic heterocycles. The van der Waals surface area contributed by atoms with E-state index >= 15 is 0 Å². The number of nitrogens with zero attached hydrogens (tertiary/aromatic N) is 3. The van der Waals surface area contributed by atoms with E-state index in [4.69, 9.17) is 0 Å². The molecule has 1 aliphatic carbocycles. The minimum Gasteiger partial charge on any atom is -0.319 e. The summed E-state index contributed by atoms with van der Waals surface area (Å²) >= 11 is 1.28. The lowest BCUT2D eigenvalue weighted by Gasteiger charge is -2.33. The highest BCUT2D eigenvalue weighted by Gasteiger charge is 2.54. The maximum Gasteiger partial charge on any atom is 0.325 e. The third-order valence-corrected chi connectivity index (χ3v) is 6.27. The van der Waals surface area contributed by atoms with Gasteiger partial charge in [0, 0.05) is 5.92 Å². The highest BCUT2D eigenvalue weighted by molar-refractivity contribution is 7.15. The number of imide groups is 1. The standard InChI is InChI=1S/C19H21N5O3S/c1-11(2)15-22-23-17(28-15)20-14(25)10-24-16(26)19(21-18(24)27)9-5-7-12-6-3-4-8-13(12)19/h3-4,6,8,11H,5,7,9-10H2,1-2H3,(H,21,27)(H,20,23,25). The van der Waals surface area contributed by atoms with Crippen LogP contribution in [0, 0.1) is 0 Å². The fraction of sp³-hybridized carbons (Fsp3) is 0.421. The van der Waals surface area contributed by atoms with Crippen LogP contribution >= 0.6 is 11.3 Å². The number of anilines is 1. The van der Waals surface area contributed by atoms with E-state index in [0.29, 0.717) is 11.6 Å². The summed E-state index contributed by atoms with van der Waals surface area (Å²) in [5.74, 6) is -0.642. The predicted molar refractivity (Wildman–Crippen MR) is 104 cm³/mol. The Balaban J connectivity index is 1.51. The van der Waals surface area contributed by atoms with Gasteiger partial charge in [0.15, 0.2) is 0 Å². The summed E-state index contributed by atoms with van der Waals surface area (Å²) in [6, 6.07) is 7.11. The zero-order valence-electron chi connectivity index (χ0n) is 15.7. The number of aromatic nitrogens is 2. The number of amides is 4. The second-order valence-electron chi connectivity index (χ2n) is 7.39. The number of rotatable bonds is 4. The number of benzene rings is 1. The molecular weight excluding hydrogens is 378 g/mol.